The summed E-state index contributed by atoms with van der Waals surface area (Å²) in [5.74, 6) is 0.859. The Labute approximate surface area is 148 Å². The lowest BCUT2D eigenvalue weighted by atomic mass is 10.1. The van der Waals surface area contributed by atoms with Crippen LogP contribution >= 0.6 is 11.6 Å². The molecule has 2 aromatic carbocycles. The fourth-order valence-corrected chi connectivity index (χ4v) is 2.78. The summed E-state index contributed by atoms with van der Waals surface area (Å²) in [5, 5.41) is 3.70. The number of ether oxygens (including phenoxy) is 1. The predicted octanol–water partition coefficient (Wildman–Crippen LogP) is 2.24. The van der Waals surface area contributed by atoms with Crippen LogP contribution in [0, 0.1) is 0 Å². The third kappa shape index (κ3) is 5.55. The molecular weight excluding hydrogens is 324 g/mol. The van der Waals surface area contributed by atoms with E-state index in [0.717, 1.165) is 22.8 Å². The molecule has 0 heterocycles. The van der Waals surface area contributed by atoms with Crippen molar-refractivity contribution < 1.29 is 14.4 Å². The fourth-order valence-electron chi connectivity index (χ4n) is 2.58. The molecule has 1 amide bonds. The van der Waals surface area contributed by atoms with Crippen LogP contribution in [0.15, 0.2) is 48.5 Å². The lowest BCUT2D eigenvalue weighted by Crippen LogP contribution is -3.08. The minimum atomic E-state index is -0.0648. The molecule has 0 aliphatic heterocycles. The summed E-state index contributed by atoms with van der Waals surface area (Å²) in [7, 11) is 3.66. The van der Waals surface area contributed by atoms with Gasteiger partial charge in [0.1, 0.15) is 12.3 Å². The van der Waals surface area contributed by atoms with Crippen LogP contribution < -0.4 is 15.0 Å². The highest BCUT2D eigenvalue weighted by Crippen LogP contribution is 2.17. The molecule has 5 heteroatoms. The minimum Gasteiger partial charge on any atom is -0.497 e. The van der Waals surface area contributed by atoms with Crippen LogP contribution in [0.5, 0.6) is 5.75 Å². The number of likely N-dealkylation sites (N-methyl/N-ethyl adjacent to an activating group) is 1. The molecular formula is C19H24ClN2O2+. The Kier molecular flexibility index (Phi) is 6.64. The minimum absolute atomic E-state index is 0.0217. The third-order valence-electron chi connectivity index (χ3n) is 3.85. The van der Waals surface area contributed by atoms with Crippen LogP contribution in [0.3, 0.4) is 0 Å². The van der Waals surface area contributed by atoms with Gasteiger partial charge in [-0.05, 0) is 48.9 Å². The number of carbonyl (C=O) groups excluding carboxylic acids is 1. The van der Waals surface area contributed by atoms with E-state index in [9.17, 15) is 4.79 Å². The quantitative estimate of drug-likeness (QED) is 0.806. The average molecular weight is 348 g/mol. The number of carbonyl (C=O) groups is 1. The zero-order chi connectivity index (χ0) is 17.5. The number of hydrogen-bond donors (Lipinski definition) is 2. The van der Waals surface area contributed by atoms with Crippen molar-refractivity contribution in [1.82, 2.24) is 5.32 Å². The Morgan fingerprint density at radius 1 is 1.25 bits per heavy atom. The molecule has 0 aliphatic rings. The van der Waals surface area contributed by atoms with E-state index in [1.165, 1.54) is 5.56 Å². The first-order valence-corrected chi connectivity index (χ1v) is 8.35. The number of amides is 1. The van der Waals surface area contributed by atoms with Crippen LogP contribution in [-0.4, -0.2) is 26.6 Å². The van der Waals surface area contributed by atoms with Gasteiger partial charge < -0.3 is 15.0 Å². The van der Waals surface area contributed by atoms with Gasteiger partial charge in [0.2, 0.25) is 0 Å². The fraction of sp³-hybridized carbons (Fsp3) is 0.316. The molecule has 24 heavy (non-hydrogen) atoms. The Morgan fingerprint density at radius 3 is 2.58 bits per heavy atom. The van der Waals surface area contributed by atoms with Crippen molar-refractivity contribution in [1.29, 1.82) is 0 Å². The van der Waals surface area contributed by atoms with Gasteiger partial charge in [0.25, 0.3) is 5.91 Å². The number of methoxy groups -OCH3 is 1. The normalized spacial score (nSPS) is 13.2. The van der Waals surface area contributed by atoms with Gasteiger partial charge in [-0.1, -0.05) is 23.7 Å². The van der Waals surface area contributed by atoms with Gasteiger partial charge in [-0.3, -0.25) is 4.79 Å². The van der Waals surface area contributed by atoms with Gasteiger partial charge in [-0.25, -0.2) is 0 Å². The molecule has 2 N–H and O–H groups in total. The Morgan fingerprint density at radius 2 is 1.96 bits per heavy atom. The summed E-state index contributed by atoms with van der Waals surface area (Å²) in [6, 6.07) is 15.4. The second-order valence-corrected chi connectivity index (χ2v) is 6.44. The molecule has 0 radical (unpaired) electrons. The zero-order valence-corrected chi connectivity index (χ0v) is 15.1. The molecule has 0 bridgehead atoms. The highest BCUT2D eigenvalue weighted by atomic mass is 35.5. The van der Waals surface area contributed by atoms with Crippen LogP contribution in [-0.2, 0) is 11.3 Å². The van der Waals surface area contributed by atoms with E-state index < -0.39 is 0 Å². The van der Waals surface area contributed by atoms with Crippen molar-refractivity contribution in [2.75, 3.05) is 20.7 Å². The van der Waals surface area contributed by atoms with Gasteiger partial charge in [0.15, 0.2) is 6.54 Å². The highest BCUT2D eigenvalue weighted by Gasteiger charge is 2.14. The maximum Gasteiger partial charge on any atom is 0.275 e. The Hall–Kier alpha value is -2.04. The van der Waals surface area contributed by atoms with Crippen molar-refractivity contribution in [3.8, 4) is 5.75 Å². The summed E-state index contributed by atoms with van der Waals surface area (Å²) in [5.41, 5.74) is 2.17. The van der Waals surface area contributed by atoms with Gasteiger partial charge in [0, 0.05) is 10.6 Å². The molecule has 0 fully saturated rings. The second kappa shape index (κ2) is 8.71. The first-order valence-electron chi connectivity index (χ1n) is 7.97. The molecule has 0 aliphatic carbocycles. The maximum atomic E-state index is 12.2. The molecule has 2 rings (SSSR count). The van der Waals surface area contributed by atoms with Crippen LogP contribution in [0.1, 0.15) is 24.1 Å². The van der Waals surface area contributed by atoms with Gasteiger partial charge >= 0.3 is 0 Å². The summed E-state index contributed by atoms with van der Waals surface area (Å²) in [6.07, 6.45) is 0. The number of hydrogen-bond acceptors (Lipinski definition) is 2. The third-order valence-corrected chi connectivity index (χ3v) is 4.09. The molecule has 1 unspecified atom stereocenters. The predicted molar refractivity (Wildman–Crippen MR) is 96.5 cm³/mol. The number of benzene rings is 2. The summed E-state index contributed by atoms with van der Waals surface area (Å²) in [6.45, 7) is 3.16. The largest absolute Gasteiger partial charge is 0.497 e. The second-order valence-electron chi connectivity index (χ2n) is 6.00. The van der Waals surface area contributed by atoms with E-state index in [2.05, 4.69) is 5.32 Å². The van der Waals surface area contributed by atoms with Crippen LogP contribution in [0.4, 0.5) is 0 Å². The van der Waals surface area contributed by atoms with E-state index in [1.54, 1.807) is 7.11 Å². The zero-order valence-electron chi connectivity index (χ0n) is 14.3. The van der Waals surface area contributed by atoms with Crippen molar-refractivity contribution in [3.63, 3.8) is 0 Å². The van der Waals surface area contributed by atoms with Gasteiger partial charge in [-0.2, -0.15) is 0 Å². The van der Waals surface area contributed by atoms with Gasteiger partial charge in [0.05, 0.1) is 20.2 Å². The maximum absolute atomic E-state index is 12.2. The standard InChI is InChI=1S/C19H23ClN2O2/c1-14(16-5-4-6-17(20)11-16)21-19(23)13-22(2)12-15-7-9-18(24-3)10-8-15/h4-11,14H,12-13H2,1-3H3,(H,21,23)/p+1/t14-/m1/s1. The van der Waals surface area contributed by atoms with E-state index in [0.29, 0.717) is 11.6 Å². The number of halogens is 1. The van der Waals surface area contributed by atoms with E-state index in [1.807, 2.05) is 62.5 Å². The molecule has 0 saturated heterocycles. The van der Waals surface area contributed by atoms with Crippen molar-refractivity contribution in [2.24, 2.45) is 0 Å². The van der Waals surface area contributed by atoms with Crippen molar-refractivity contribution >= 4 is 17.5 Å². The van der Waals surface area contributed by atoms with E-state index in [4.69, 9.17) is 16.3 Å². The molecule has 128 valence electrons. The van der Waals surface area contributed by atoms with E-state index in [-0.39, 0.29) is 11.9 Å². The highest BCUT2D eigenvalue weighted by molar-refractivity contribution is 6.30. The average Bonchev–Trinajstić information content (AvgIpc) is 2.55. The molecule has 0 spiro atoms. The lowest BCUT2D eigenvalue weighted by Gasteiger charge is -2.18. The van der Waals surface area contributed by atoms with Gasteiger partial charge in [-0.15, -0.1) is 0 Å². The number of quaternary nitrogens is 1. The number of nitrogens with one attached hydrogen (secondary N) is 2. The summed E-state index contributed by atoms with van der Waals surface area (Å²) < 4.78 is 5.15. The van der Waals surface area contributed by atoms with Crippen LogP contribution in [0.25, 0.3) is 0 Å². The molecule has 0 aromatic heterocycles. The first-order chi connectivity index (χ1) is 11.5. The molecule has 0 saturated carbocycles. The smallest absolute Gasteiger partial charge is 0.275 e. The van der Waals surface area contributed by atoms with Crippen LogP contribution in [0.2, 0.25) is 5.02 Å². The lowest BCUT2D eigenvalue weighted by molar-refractivity contribution is -0.885. The van der Waals surface area contributed by atoms with E-state index >= 15 is 0 Å². The molecule has 2 aromatic rings. The molecule has 4 nitrogen and oxygen atoms in total. The topological polar surface area (TPSA) is 42.8 Å². The summed E-state index contributed by atoms with van der Waals surface area (Å²) in [4.78, 5) is 13.3. The van der Waals surface area contributed by atoms with Crippen molar-refractivity contribution in [3.05, 3.63) is 64.7 Å². The monoisotopic (exact) mass is 347 g/mol. The first kappa shape index (κ1) is 18.3. The Bertz CT molecular complexity index is 673. The number of rotatable bonds is 7. The summed E-state index contributed by atoms with van der Waals surface area (Å²) >= 11 is 6.00. The molecule has 2 atom stereocenters. The van der Waals surface area contributed by atoms with Crippen molar-refractivity contribution in [2.45, 2.75) is 19.5 Å². The Balaban J connectivity index is 1.84. The SMILES string of the molecule is COc1ccc(C[NH+](C)CC(=O)N[C@H](C)c2cccc(Cl)c2)cc1.